The van der Waals surface area contributed by atoms with Gasteiger partial charge in [-0.2, -0.15) is 0 Å². The fourth-order valence-corrected chi connectivity index (χ4v) is 2.71. The van der Waals surface area contributed by atoms with E-state index in [2.05, 4.69) is 12.2 Å². The lowest BCUT2D eigenvalue weighted by atomic mass is 9.83. The van der Waals surface area contributed by atoms with Crippen LogP contribution in [0.25, 0.3) is 0 Å². The number of alkyl halides is 2. The minimum atomic E-state index is -2.49. The van der Waals surface area contributed by atoms with E-state index in [4.69, 9.17) is 5.73 Å². The standard InChI is InChI=1S/C15H22F2N2/c1-10-2-4-11(5-3-10)9-19-14-7-6-12(18)8-13(14)15(16)17/h6-8,10-11,15,19H,2-5,9,18H2,1H3. The predicted octanol–water partition coefficient (Wildman–Crippen LogP) is 4.44. The number of hydrogen-bond donors (Lipinski definition) is 2. The molecule has 0 bridgehead atoms. The van der Waals surface area contributed by atoms with Crippen molar-refractivity contribution in [2.75, 3.05) is 17.6 Å². The van der Waals surface area contributed by atoms with Gasteiger partial charge in [-0.3, -0.25) is 0 Å². The summed E-state index contributed by atoms with van der Waals surface area (Å²) < 4.78 is 25.9. The second-order valence-corrected chi connectivity index (χ2v) is 5.65. The highest BCUT2D eigenvalue weighted by Gasteiger charge is 2.19. The zero-order valence-corrected chi connectivity index (χ0v) is 11.3. The summed E-state index contributed by atoms with van der Waals surface area (Å²) in [6.45, 7) is 3.05. The highest BCUT2D eigenvalue weighted by atomic mass is 19.3. The Labute approximate surface area is 113 Å². The molecule has 0 saturated heterocycles. The molecule has 1 aliphatic carbocycles. The second kappa shape index (κ2) is 6.22. The van der Waals surface area contributed by atoms with Crippen molar-refractivity contribution in [3.05, 3.63) is 23.8 Å². The number of hydrogen-bond acceptors (Lipinski definition) is 2. The molecule has 1 aliphatic rings. The molecule has 2 nitrogen and oxygen atoms in total. The number of rotatable bonds is 4. The normalized spacial score (nSPS) is 23.6. The van der Waals surface area contributed by atoms with E-state index < -0.39 is 6.43 Å². The quantitative estimate of drug-likeness (QED) is 0.792. The third-order valence-electron chi connectivity index (χ3n) is 4.03. The highest BCUT2D eigenvalue weighted by Crippen LogP contribution is 2.31. The average molecular weight is 268 g/mol. The molecular formula is C15H22F2N2. The van der Waals surface area contributed by atoms with Gasteiger partial charge in [0, 0.05) is 23.5 Å². The lowest BCUT2D eigenvalue weighted by molar-refractivity contribution is 0.152. The molecule has 2 rings (SSSR count). The van der Waals surface area contributed by atoms with Crippen LogP contribution in [-0.4, -0.2) is 6.54 Å². The first-order valence-corrected chi connectivity index (χ1v) is 6.97. The molecule has 0 heterocycles. The molecule has 1 fully saturated rings. The van der Waals surface area contributed by atoms with Crippen molar-refractivity contribution < 1.29 is 8.78 Å². The molecule has 0 unspecified atom stereocenters. The Balaban J connectivity index is 1.95. The molecule has 4 heteroatoms. The van der Waals surface area contributed by atoms with Crippen molar-refractivity contribution >= 4 is 11.4 Å². The van der Waals surface area contributed by atoms with E-state index in [1.54, 1.807) is 12.1 Å². The Morgan fingerprint density at radius 2 is 1.95 bits per heavy atom. The van der Waals surface area contributed by atoms with Crippen LogP contribution in [0.3, 0.4) is 0 Å². The molecule has 0 radical (unpaired) electrons. The van der Waals surface area contributed by atoms with Crippen LogP contribution in [0, 0.1) is 11.8 Å². The Bertz CT molecular complexity index is 413. The summed E-state index contributed by atoms with van der Waals surface area (Å²) >= 11 is 0. The van der Waals surface area contributed by atoms with Gasteiger partial charge in [0.25, 0.3) is 6.43 Å². The van der Waals surface area contributed by atoms with Crippen LogP contribution in [0.5, 0.6) is 0 Å². The van der Waals surface area contributed by atoms with Gasteiger partial charge in [0.05, 0.1) is 0 Å². The van der Waals surface area contributed by atoms with Crippen LogP contribution in [0.15, 0.2) is 18.2 Å². The zero-order valence-electron chi connectivity index (χ0n) is 11.3. The van der Waals surface area contributed by atoms with Crippen molar-refractivity contribution in [3.8, 4) is 0 Å². The van der Waals surface area contributed by atoms with Crippen molar-refractivity contribution in [3.63, 3.8) is 0 Å². The van der Waals surface area contributed by atoms with Crippen molar-refractivity contribution in [1.82, 2.24) is 0 Å². The largest absolute Gasteiger partial charge is 0.399 e. The van der Waals surface area contributed by atoms with E-state index in [1.165, 1.54) is 31.7 Å². The number of halogens is 2. The third kappa shape index (κ3) is 3.82. The molecule has 1 aromatic carbocycles. The maximum Gasteiger partial charge on any atom is 0.265 e. The van der Waals surface area contributed by atoms with Gasteiger partial charge < -0.3 is 11.1 Å². The summed E-state index contributed by atoms with van der Waals surface area (Å²) in [6, 6.07) is 4.68. The van der Waals surface area contributed by atoms with Gasteiger partial charge in [-0.25, -0.2) is 8.78 Å². The second-order valence-electron chi connectivity index (χ2n) is 5.65. The molecule has 3 N–H and O–H groups in total. The number of anilines is 2. The minimum Gasteiger partial charge on any atom is -0.399 e. The van der Waals surface area contributed by atoms with Crippen LogP contribution in [0.4, 0.5) is 20.2 Å². The molecular weight excluding hydrogens is 246 g/mol. The predicted molar refractivity (Wildman–Crippen MR) is 75.4 cm³/mol. The van der Waals surface area contributed by atoms with E-state index in [-0.39, 0.29) is 5.56 Å². The van der Waals surface area contributed by atoms with E-state index >= 15 is 0 Å². The number of nitrogen functional groups attached to an aromatic ring is 1. The van der Waals surface area contributed by atoms with Crippen LogP contribution in [0.2, 0.25) is 0 Å². The fraction of sp³-hybridized carbons (Fsp3) is 0.600. The van der Waals surface area contributed by atoms with Crippen molar-refractivity contribution in [2.45, 2.75) is 39.0 Å². The summed E-state index contributed by atoms with van der Waals surface area (Å²) in [5.74, 6) is 1.41. The first-order chi connectivity index (χ1) is 9.06. The SMILES string of the molecule is CC1CCC(CNc2ccc(N)cc2C(F)F)CC1. The molecule has 0 aliphatic heterocycles. The van der Waals surface area contributed by atoms with Crippen LogP contribution in [-0.2, 0) is 0 Å². The molecule has 1 saturated carbocycles. The Morgan fingerprint density at radius 1 is 1.26 bits per heavy atom. The summed E-state index contributed by atoms with van der Waals surface area (Å²) in [7, 11) is 0. The molecule has 1 aromatic rings. The fourth-order valence-electron chi connectivity index (χ4n) is 2.71. The van der Waals surface area contributed by atoms with Crippen LogP contribution in [0.1, 0.15) is 44.6 Å². The number of benzene rings is 1. The molecule has 0 amide bonds. The van der Waals surface area contributed by atoms with Gasteiger partial charge >= 0.3 is 0 Å². The van der Waals surface area contributed by atoms with Gasteiger partial charge in [0.1, 0.15) is 0 Å². The van der Waals surface area contributed by atoms with Gasteiger partial charge in [-0.1, -0.05) is 19.8 Å². The van der Waals surface area contributed by atoms with Gasteiger partial charge in [0.15, 0.2) is 0 Å². The van der Waals surface area contributed by atoms with E-state index in [0.29, 0.717) is 17.3 Å². The summed E-state index contributed by atoms with van der Waals surface area (Å²) in [4.78, 5) is 0. The van der Waals surface area contributed by atoms with Crippen LogP contribution < -0.4 is 11.1 Å². The Hall–Kier alpha value is -1.32. The lowest BCUT2D eigenvalue weighted by Crippen LogP contribution is -2.20. The summed E-state index contributed by atoms with van der Waals surface area (Å²) in [5, 5.41) is 3.17. The third-order valence-corrected chi connectivity index (χ3v) is 4.03. The average Bonchev–Trinajstić information content (AvgIpc) is 2.39. The first kappa shape index (κ1) is 14.1. The molecule has 0 aromatic heterocycles. The molecule has 0 spiro atoms. The minimum absolute atomic E-state index is 0.00387. The smallest absolute Gasteiger partial charge is 0.265 e. The van der Waals surface area contributed by atoms with Gasteiger partial charge in [-0.05, 0) is 42.9 Å². The number of nitrogens with one attached hydrogen (secondary N) is 1. The van der Waals surface area contributed by atoms with Crippen LogP contribution >= 0.6 is 0 Å². The Morgan fingerprint density at radius 3 is 2.58 bits per heavy atom. The zero-order chi connectivity index (χ0) is 13.8. The monoisotopic (exact) mass is 268 g/mol. The molecule has 19 heavy (non-hydrogen) atoms. The topological polar surface area (TPSA) is 38.0 Å². The molecule has 0 atom stereocenters. The molecule has 106 valence electrons. The summed E-state index contributed by atoms with van der Waals surface area (Å²) in [6.07, 6.45) is 2.38. The van der Waals surface area contributed by atoms with E-state index in [1.807, 2.05) is 0 Å². The van der Waals surface area contributed by atoms with Crippen molar-refractivity contribution in [1.29, 1.82) is 0 Å². The number of nitrogens with two attached hydrogens (primary N) is 1. The summed E-state index contributed by atoms with van der Waals surface area (Å²) in [5.41, 5.74) is 6.46. The highest BCUT2D eigenvalue weighted by molar-refractivity contribution is 5.58. The first-order valence-electron chi connectivity index (χ1n) is 6.97. The van der Waals surface area contributed by atoms with Gasteiger partial charge in [-0.15, -0.1) is 0 Å². The van der Waals surface area contributed by atoms with E-state index in [0.717, 1.165) is 12.5 Å². The van der Waals surface area contributed by atoms with E-state index in [9.17, 15) is 8.78 Å². The maximum absolute atomic E-state index is 12.9. The maximum atomic E-state index is 12.9. The van der Waals surface area contributed by atoms with Gasteiger partial charge in [0.2, 0.25) is 0 Å². The lowest BCUT2D eigenvalue weighted by Gasteiger charge is -2.27. The van der Waals surface area contributed by atoms with Crippen molar-refractivity contribution in [2.24, 2.45) is 11.8 Å². The Kier molecular flexibility index (Phi) is 4.61.